The van der Waals surface area contributed by atoms with Crippen LogP contribution in [-0.4, -0.2) is 37.2 Å². The highest BCUT2D eigenvalue weighted by Gasteiger charge is 2.19. The predicted octanol–water partition coefficient (Wildman–Crippen LogP) is 24.7. The topological polar surface area (TPSA) is 78.9 Å². The van der Waals surface area contributed by atoms with E-state index in [2.05, 4.69) is 57.2 Å². The highest BCUT2D eigenvalue weighted by molar-refractivity contribution is 5.71. The number of esters is 3. The lowest BCUT2D eigenvalue weighted by molar-refractivity contribution is -0.167. The van der Waals surface area contributed by atoms with Gasteiger partial charge in [0.15, 0.2) is 6.10 Å². The maximum absolute atomic E-state index is 12.9. The Bertz CT molecular complexity index is 1340. The van der Waals surface area contributed by atoms with Crippen LogP contribution in [0.15, 0.2) is 36.5 Å². The second-order valence-corrected chi connectivity index (χ2v) is 24.5. The van der Waals surface area contributed by atoms with Gasteiger partial charge >= 0.3 is 17.9 Å². The highest BCUT2D eigenvalue weighted by atomic mass is 16.6. The first kappa shape index (κ1) is 77.6. The molecule has 0 amide bonds. The Balaban J connectivity index is 4.12. The van der Waals surface area contributed by atoms with Crippen molar-refractivity contribution < 1.29 is 28.6 Å². The Morgan fingerprint density at radius 1 is 0.250 bits per heavy atom. The quantitative estimate of drug-likeness (QED) is 0.0261. The largest absolute Gasteiger partial charge is 0.462 e. The summed E-state index contributed by atoms with van der Waals surface area (Å²) in [4.78, 5) is 38.3. The first-order chi connectivity index (χ1) is 39.5. The smallest absolute Gasteiger partial charge is 0.306 e. The van der Waals surface area contributed by atoms with Crippen molar-refractivity contribution in [1.29, 1.82) is 0 Å². The molecule has 0 spiro atoms. The number of unbranched alkanes of at least 4 members (excludes halogenated alkanes) is 50. The lowest BCUT2D eigenvalue weighted by Gasteiger charge is -2.18. The molecule has 1 unspecified atom stereocenters. The summed E-state index contributed by atoms with van der Waals surface area (Å²) < 4.78 is 17.0. The molecule has 0 heterocycles. The summed E-state index contributed by atoms with van der Waals surface area (Å²) in [5.74, 6) is -0.840. The summed E-state index contributed by atoms with van der Waals surface area (Å²) in [5.41, 5.74) is 0. The second-order valence-electron chi connectivity index (χ2n) is 24.5. The fraction of sp³-hybridized carbons (Fsp3) is 0.878. The van der Waals surface area contributed by atoms with Crippen LogP contribution in [0.1, 0.15) is 400 Å². The van der Waals surface area contributed by atoms with Gasteiger partial charge in [-0.2, -0.15) is 0 Å². The molecule has 0 rings (SSSR count). The maximum atomic E-state index is 12.9. The minimum Gasteiger partial charge on any atom is -0.462 e. The van der Waals surface area contributed by atoms with Crippen LogP contribution in [0.25, 0.3) is 0 Å². The molecule has 6 heteroatoms. The molecule has 0 radical (unpaired) electrons. The molecular weight excluding hydrogens is 985 g/mol. The first-order valence-corrected chi connectivity index (χ1v) is 36.0. The monoisotopic (exact) mass is 1120 g/mol. The van der Waals surface area contributed by atoms with E-state index in [1.807, 2.05) is 0 Å². The van der Waals surface area contributed by atoms with Gasteiger partial charge in [0.05, 0.1) is 0 Å². The Labute approximate surface area is 499 Å². The fourth-order valence-electron chi connectivity index (χ4n) is 10.9. The molecule has 0 saturated carbocycles. The molecule has 80 heavy (non-hydrogen) atoms. The normalized spacial score (nSPS) is 12.2. The number of carbonyl (C=O) groups excluding carboxylic acids is 3. The van der Waals surface area contributed by atoms with E-state index in [0.29, 0.717) is 19.3 Å². The lowest BCUT2D eigenvalue weighted by Crippen LogP contribution is -2.30. The summed E-state index contributed by atoms with van der Waals surface area (Å²) in [6.07, 6.45) is 86.2. The van der Waals surface area contributed by atoms with Crippen molar-refractivity contribution in [3.8, 4) is 0 Å². The zero-order valence-corrected chi connectivity index (χ0v) is 54.1. The molecule has 6 nitrogen and oxygen atoms in total. The predicted molar refractivity (Wildman–Crippen MR) is 349 cm³/mol. The molecule has 0 bridgehead atoms. The Hall–Kier alpha value is -2.37. The second kappa shape index (κ2) is 69.1. The van der Waals surface area contributed by atoms with Crippen LogP contribution in [0.5, 0.6) is 0 Å². The average Bonchev–Trinajstić information content (AvgIpc) is 3.46. The summed E-state index contributed by atoms with van der Waals surface area (Å²) in [5, 5.41) is 0. The number of hydrogen-bond donors (Lipinski definition) is 0. The average molecular weight is 1120 g/mol. The van der Waals surface area contributed by atoms with Gasteiger partial charge < -0.3 is 14.2 Å². The van der Waals surface area contributed by atoms with Crippen molar-refractivity contribution in [1.82, 2.24) is 0 Å². The molecule has 1 atom stereocenters. The molecule has 0 aromatic heterocycles. The maximum Gasteiger partial charge on any atom is 0.306 e. The summed E-state index contributed by atoms with van der Waals surface area (Å²) in [6, 6.07) is 0. The van der Waals surface area contributed by atoms with E-state index in [-0.39, 0.29) is 31.1 Å². The number of allylic oxidation sites excluding steroid dienone is 6. The number of rotatable bonds is 67. The van der Waals surface area contributed by atoms with Crippen molar-refractivity contribution in [2.45, 2.75) is 406 Å². The lowest BCUT2D eigenvalue weighted by atomic mass is 10.0. The van der Waals surface area contributed by atoms with Gasteiger partial charge in [0.1, 0.15) is 13.2 Å². The van der Waals surface area contributed by atoms with Gasteiger partial charge in [-0.1, -0.05) is 340 Å². The van der Waals surface area contributed by atoms with Crippen LogP contribution < -0.4 is 0 Å². The summed E-state index contributed by atoms with van der Waals surface area (Å²) in [7, 11) is 0. The van der Waals surface area contributed by atoms with Crippen LogP contribution in [0.3, 0.4) is 0 Å². The van der Waals surface area contributed by atoms with E-state index in [1.165, 1.54) is 295 Å². The third-order valence-corrected chi connectivity index (χ3v) is 16.4. The SMILES string of the molecule is CCCCCCC/C=C\C/C=C\CCCCCCCCCCCCCCCCCCCC(=O)OCC(COC(=O)CCCCCCCCCCCC)OC(=O)CCCCCCCCCCCCC/C=C\CCCCCCCCCC. The van der Waals surface area contributed by atoms with Crippen molar-refractivity contribution in [2.75, 3.05) is 13.2 Å². The van der Waals surface area contributed by atoms with Gasteiger partial charge in [0.2, 0.25) is 0 Å². The number of hydrogen-bond acceptors (Lipinski definition) is 6. The van der Waals surface area contributed by atoms with Crippen molar-refractivity contribution in [3.05, 3.63) is 36.5 Å². The van der Waals surface area contributed by atoms with Gasteiger partial charge in [-0.25, -0.2) is 0 Å². The summed E-state index contributed by atoms with van der Waals surface area (Å²) >= 11 is 0. The van der Waals surface area contributed by atoms with E-state index in [0.717, 1.165) is 64.2 Å². The highest BCUT2D eigenvalue weighted by Crippen LogP contribution is 2.18. The molecule has 0 N–H and O–H groups in total. The van der Waals surface area contributed by atoms with Gasteiger partial charge in [-0.05, 0) is 77.0 Å². The van der Waals surface area contributed by atoms with E-state index < -0.39 is 6.10 Å². The Kier molecular flexibility index (Phi) is 67.1. The van der Waals surface area contributed by atoms with Crippen LogP contribution >= 0.6 is 0 Å². The van der Waals surface area contributed by atoms with Crippen LogP contribution in [0.4, 0.5) is 0 Å². The third-order valence-electron chi connectivity index (χ3n) is 16.4. The minimum absolute atomic E-state index is 0.0666. The standard InChI is InChI=1S/C74H138O6/c1-4-7-10-13-16-19-22-24-26-28-30-32-34-35-36-37-38-39-41-42-44-46-48-50-52-55-58-61-64-67-73(76)79-70-71(69-78-72(75)66-63-60-57-54-21-18-15-12-9-6-3)80-74(77)68-65-62-59-56-53-51-49-47-45-43-40-33-31-29-27-25-23-20-17-14-11-8-5-2/h22,24,28-31,71H,4-21,23,25-27,32-70H2,1-3H3/b24-22-,30-28-,31-29-. The van der Waals surface area contributed by atoms with Gasteiger partial charge in [0, 0.05) is 19.3 Å². The molecule has 0 aliphatic carbocycles. The van der Waals surface area contributed by atoms with E-state index >= 15 is 0 Å². The number of ether oxygens (including phenoxy) is 3. The molecule has 0 fully saturated rings. The van der Waals surface area contributed by atoms with Crippen molar-refractivity contribution in [3.63, 3.8) is 0 Å². The zero-order chi connectivity index (χ0) is 57.8. The molecule has 0 aromatic rings. The molecule has 0 aliphatic rings. The van der Waals surface area contributed by atoms with Crippen molar-refractivity contribution >= 4 is 17.9 Å². The van der Waals surface area contributed by atoms with Crippen LogP contribution in [-0.2, 0) is 28.6 Å². The molecular formula is C74H138O6. The van der Waals surface area contributed by atoms with Crippen LogP contribution in [0.2, 0.25) is 0 Å². The van der Waals surface area contributed by atoms with E-state index in [1.54, 1.807) is 0 Å². The van der Waals surface area contributed by atoms with Gasteiger partial charge in [-0.15, -0.1) is 0 Å². The van der Waals surface area contributed by atoms with Crippen LogP contribution in [0, 0.1) is 0 Å². The molecule has 470 valence electrons. The number of carbonyl (C=O) groups is 3. The zero-order valence-electron chi connectivity index (χ0n) is 54.1. The first-order valence-electron chi connectivity index (χ1n) is 36.0. The minimum atomic E-state index is -0.769. The van der Waals surface area contributed by atoms with Gasteiger partial charge in [-0.3, -0.25) is 14.4 Å². The van der Waals surface area contributed by atoms with E-state index in [9.17, 15) is 14.4 Å². The summed E-state index contributed by atoms with van der Waals surface area (Å²) in [6.45, 7) is 6.69. The van der Waals surface area contributed by atoms with E-state index in [4.69, 9.17) is 14.2 Å². The Morgan fingerprint density at radius 2 is 0.450 bits per heavy atom. The Morgan fingerprint density at radius 3 is 0.700 bits per heavy atom. The molecule has 0 aliphatic heterocycles. The third kappa shape index (κ3) is 66.4. The molecule has 0 aromatic carbocycles. The fourth-order valence-corrected chi connectivity index (χ4v) is 10.9. The van der Waals surface area contributed by atoms with Crippen molar-refractivity contribution in [2.24, 2.45) is 0 Å². The van der Waals surface area contributed by atoms with Gasteiger partial charge in [0.25, 0.3) is 0 Å². The molecule has 0 saturated heterocycles.